The zero-order valence-electron chi connectivity index (χ0n) is 10.3. The quantitative estimate of drug-likeness (QED) is 0.866. The molecule has 4 heteroatoms. The van der Waals surface area contributed by atoms with E-state index in [4.69, 9.17) is 5.73 Å². The maximum Gasteiger partial charge on any atom is 0.387 e. The molecule has 2 nitrogen and oxygen atoms in total. The topological polar surface area (TPSA) is 35.2 Å². The predicted molar refractivity (Wildman–Crippen MR) is 66.6 cm³/mol. The van der Waals surface area contributed by atoms with Crippen molar-refractivity contribution < 1.29 is 13.5 Å². The molecule has 0 bridgehead atoms. The maximum absolute atomic E-state index is 12.0. The fraction of sp³-hybridized carbons (Fsp3) is 0.571. The smallest absolute Gasteiger partial charge is 0.387 e. The number of ether oxygens (including phenoxy) is 1. The van der Waals surface area contributed by atoms with Gasteiger partial charge in [0.2, 0.25) is 0 Å². The summed E-state index contributed by atoms with van der Waals surface area (Å²) in [5, 5.41) is 0. The lowest BCUT2D eigenvalue weighted by Gasteiger charge is -2.17. The van der Waals surface area contributed by atoms with E-state index in [9.17, 15) is 8.78 Å². The summed E-state index contributed by atoms with van der Waals surface area (Å²) >= 11 is 0. The summed E-state index contributed by atoms with van der Waals surface area (Å²) in [4.78, 5) is 0. The highest BCUT2D eigenvalue weighted by Crippen LogP contribution is 2.32. The van der Waals surface area contributed by atoms with Crippen LogP contribution in [0.5, 0.6) is 5.75 Å². The van der Waals surface area contributed by atoms with E-state index in [0.29, 0.717) is 0 Å². The van der Waals surface area contributed by atoms with Crippen LogP contribution in [-0.4, -0.2) is 6.61 Å². The molecule has 0 amide bonds. The van der Waals surface area contributed by atoms with E-state index < -0.39 is 6.61 Å². The molecule has 1 aromatic carbocycles. The van der Waals surface area contributed by atoms with Crippen molar-refractivity contribution in [3.8, 4) is 5.75 Å². The van der Waals surface area contributed by atoms with Crippen LogP contribution in [-0.2, 0) is 0 Å². The second-order valence-corrected chi connectivity index (χ2v) is 4.94. The zero-order valence-corrected chi connectivity index (χ0v) is 10.3. The fourth-order valence-corrected chi connectivity index (χ4v) is 2.64. The molecule has 1 fully saturated rings. The third-order valence-corrected chi connectivity index (χ3v) is 3.60. The molecule has 18 heavy (non-hydrogen) atoms. The Bertz CT molecular complexity index is 361. The molecule has 1 unspecified atom stereocenters. The maximum atomic E-state index is 12.0. The summed E-state index contributed by atoms with van der Waals surface area (Å²) in [5.41, 5.74) is 7.13. The Morgan fingerprint density at radius 2 is 1.78 bits per heavy atom. The first-order valence-corrected chi connectivity index (χ1v) is 6.45. The van der Waals surface area contributed by atoms with E-state index in [2.05, 4.69) is 4.74 Å². The molecule has 0 saturated heterocycles. The van der Waals surface area contributed by atoms with Gasteiger partial charge in [-0.1, -0.05) is 37.8 Å². The Hall–Kier alpha value is -1.16. The van der Waals surface area contributed by atoms with Gasteiger partial charge in [-0.15, -0.1) is 0 Å². The van der Waals surface area contributed by atoms with Gasteiger partial charge in [0.05, 0.1) is 0 Å². The summed E-state index contributed by atoms with van der Waals surface area (Å²) in [6.45, 7) is -2.77. The molecule has 2 N–H and O–H groups in total. The van der Waals surface area contributed by atoms with Crippen molar-refractivity contribution in [3.05, 3.63) is 29.8 Å². The number of benzene rings is 1. The lowest BCUT2D eigenvalue weighted by Crippen LogP contribution is -2.14. The minimum absolute atomic E-state index is 0.00583. The van der Waals surface area contributed by atoms with Crippen LogP contribution in [0.3, 0.4) is 0 Å². The minimum Gasteiger partial charge on any atom is -0.435 e. The highest BCUT2D eigenvalue weighted by molar-refractivity contribution is 5.29. The highest BCUT2D eigenvalue weighted by atomic mass is 19.3. The van der Waals surface area contributed by atoms with Crippen LogP contribution < -0.4 is 10.5 Å². The van der Waals surface area contributed by atoms with Crippen molar-refractivity contribution in [1.82, 2.24) is 0 Å². The van der Waals surface area contributed by atoms with Gasteiger partial charge in [-0.25, -0.2) is 0 Å². The van der Waals surface area contributed by atoms with E-state index in [-0.39, 0.29) is 11.8 Å². The van der Waals surface area contributed by atoms with Gasteiger partial charge in [0.15, 0.2) is 0 Å². The van der Waals surface area contributed by atoms with Crippen molar-refractivity contribution in [2.45, 2.75) is 44.8 Å². The highest BCUT2D eigenvalue weighted by Gasteiger charge is 2.19. The second-order valence-electron chi connectivity index (χ2n) is 4.94. The number of hydrogen-bond acceptors (Lipinski definition) is 2. The van der Waals surface area contributed by atoms with Gasteiger partial charge in [0.1, 0.15) is 5.75 Å². The van der Waals surface area contributed by atoms with Crippen LogP contribution in [0.15, 0.2) is 24.3 Å². The Labute approximate surface area is 106 Å². The lowest BCUT2D eigenvalue weighted by molar-refractivity contribution is -0.0498. The first-order valence-electron chi connectivity index (χ1n) is 6.45. The standard InChI is InChI=1S/C14H19F2NO/c15-14(16)18-12-7-5-11(6-8-12)13(17)9-10-3-1-2-4-10/h5-8,10,13-14H,1-4,9,17H2. The van der Waals surface area contributed by atoms with Gasteiger partial charge < -0.3 is 10.5 Å². The van der Waals surface area contributed by atoms with E-state index >= 15 is 0 Å². The first-order chi connectivity index (χ1) is 8.65. The normalized spacial score (nSPS) is 18.2. The SMILES string of the molecule is NC(CC1CCCC1)c1ccc(OC(F)F)cc1. The van der Waals surface area contributed by atoms with Crippen LogP contribution in [0.4, 0.5) is 8.78 Å². The average molecular weight is 255 g/mol. The molecule has 100 valence electrons. The monoisotopic (exact) mass is 255 g/mol. The number of alkyl halides is 2. The molecule has 0 aromatic heterocycles. The van der Waals surface area contributed by atoms with Crippen LogP contribution in [0.25, 0.3) is 0 Å². The summed E-state index contributed by atoms with van der Waals surface area (Å²) in [7, 11) is 0. The van der Waals surface area contributed by atoms with Crippen molar-refractivity contribution in [3.63, 3.8) is 0 Å². The summed E-state index contributed by atoms with van der Waals surface area (Å²) < 4.78 is 28.3. The van der Waals surface area contributed by atoms with E-state index in [1.165, 1.54) is 25.7 Å². The van der Waals surface area contributed by atoms with Gasteiger partial charge in [-0.05, 0) is 30.0 Å². The summed E-state index contributed by atoms with van der Waals surface area (Å²) in [5.74, 6) is 0.902. The number of nitrogens with two attached hydrogens (primary N) is 1. The molecule has 0 aliphatic heterocycles. The largest absolute Gasteiger partial charge is 0.435 e. The average Bonchev–Trinajstić information content (AvgIpc) is 2.82. The van der Waals surface area contributed by atoms with E-state index in [0.717, 1.165) is 17.9 Å². The van der Waals surface area contributed by atoms with Crippen LogP contribution in [0.2, 0.25) is 0 Å². The summed E-state index contributed by atoms with van der Waals surface area (Å²) in [6, 6.07) is 6.65. The molecule has 1 atom stereocenters. The van der Waals surface area contributed by atoms with Crippen LogP contribution in [0, 0.1) is 5.92 Å². The molecular formula is C14H19F2NO. The van der Waals surface area contributed by atoms with Gasteiger partial charge in [-0.2, -0.15) is 8.78 Å². The molecule has 2 rings (SSSR count). The van der Waals surface area contributed by atoms with Gasteiger partial charge >= 0.3 is 6.61 Å². The Morgan fingerprint density at radius 1 is 1.17 bits per heavy atom. The number of hydrogen-bond donors (Lipinski definition) is 1. The third kappa shape index (κ3) is 3.67. The van der Waals surface area contributed by atoms with E-state index in [1.807, 2.05) is 0 Å². The first kappa shape index (κ1) is 13.3. The molecular weight excluding hydrogens is 236 g/mol. The minimum atomic E-state index is -2.77. The Morgan fingerprint density at radius 3 is 2.33 bits per heavy atom. The van der Waals surface area contributed by atoms with E-state index in [1.54, 1.807) is 24.3 Å². The Balaban J connectivity index is 1.91. The second kappa shape index (κ2) is 6.14. The molecule has 1 aliphatic rings. The van der Waals surface area contributed by atoms with Gasteiger partial charge in [0, 0.05) is 6.04 Å². The molecule has 1 aliphatic carbocycles. The van der Waals surface area contributed by atoms with Crippen molar-refractivity contribution >= 4 is 0 Å². The van der Waals surface area contributed by atoms with Crippen molar-refractivity contribution in [2.75, 3.05) is 0 Å². The molecule has 1 aromatic rings. The van der Waals surface area contributed by atoms with Gasteiger partial charge in [0.25, 0.3) is 0 Å². The summed E-state index contributed by atoms with van der Waals surface area (Å²) in [6.07, 6.45) is 6.12. The molecule has 0 heterocycles. The molecule has 0 radical (unpaired) electrons. The van der Waals surface area contributed by atoms with Gasteiger partial charge in [-0.3, -0.25) is 0 Å². The molecule has 0 spiro atoms. The Kier molecular flexibility index (Phi) is 4.53. The molecule has 1 saturated carbocycles. The number of rotatable bonds is 5. The van der Waals surface area contributed by atoms with Crippen molar-refractivity contribution in [1.29, 1.82) is 0 Å². The van der Waals surface area contributed by atoms with Crippen LogP contribution in [0.1, 0.15) is 43.7 Å². The van der Waals surface area contributed by atoms with Crippen molar-refractivity contribution in [2.24, 2.45) is 11.7 Å². The number of halogens is 2. The third-order valence-electron chi connectivity index (χ3n) is 3.60. The fourth-order valence-electron chi connectivity index (χ4n) is 2.64. The van der Waals surface area contributed by atoms with Crippen LogP contribution >= 0.6 is 0 Å². The zero-order chi connectivity index (χ0) is 13.0. The predicted octanol–water partition coefficient (Wildman–Crippen LogP) is 3.87. The lowest BCUT2D eigenvalue weighted by atomic mass is 9.94.